The summed E-state index contributed by atoms with van der Waals surface area (Å²) in [5.74, 6) is 2.52. The fourth-order valence-corrected chi connectivity index (χ4v) is 4.28. The molecule has 0 saturated carbocycles. The zero-order valence-electron chi connectivity index (χ0n) is 15.4. The van der Waals surface area contributed by atoms with Crippen LogP contribution in [-0.2, 0) is 6.54 Å². The van der Waals surface area contributed by atoms with E-state index in [1.807, 2.05) is 60.3 Å². The van der Waals surface area contributed by atoms with Crippen LogP contribution in [0.3, 0.4) is 0 Å². The highest BCUT2D eigenvalue weighted by molar-refractivity contribution is 7.99. The third-order valence-corrected chi connectivity index (χ3v) is 5.75. The molecule has 2 heterocycles. The second-order valence-corrected chi connectivity index (χ2v) is 7.95. The lowest BCUT2D eigenvalue weighted by molar-refractivity contribution is 0.102. The van der Waals surface area contributed by atoms with Crippen molar-refractivity contribution in [2.24, 2.45) is 0 Å². The molecule has 3 aromatic rings. The SMILES string of the molecule is N#Cc1cc(NC(=O)c2ccc(CN3CCSCC3)cc2)nc2ccccc12. The summed E-state index contributed by atoms with van der Waals surface area (Å²) in [4.78, 5) is 19.5. The average molecular weight is 388 g/mol. The molecule has 0 aliphatic carbocycles. The number of thioether (sulfide) groups is 1. The van der Waals surface area contributed by atoms with Crippen molar-refractivity contribution in [3.05, 3.63) is 71.3 Å². The molecule has 0 bridgehead atoms. The molecule has 1 N–H and O–H groups in total. The molecule has 1 aliphatic rings. The Hall–Kier alpha value is -2.88. The third-order valence-electron chi connectivity index (χ3n) is 4.80. The Balaban J connectivity index is 1.47. The van der Waals surface area contributed by atoms with Crippen molar-refractivity contribution in [3.63, 3.8) is 0 Å². The molecule has 140 valence electrons. The van der Waals surface area contributed by atoms with Crippen LogP contribution in [0.25, 0.3) is 10.9 Å². The van der Waals surface area contributed by atoms with Crippen LogP contribution in [0.15, 0.2) is 54.6 Å². The van der Waals surface area contributed by atoms with Gasteiger partial charge in [0.05, 0.1) is 17.1 Å². The quantitative estimate of drug-likeness (QED) is 0.734. The fraction of sp³-hybridized carbons (Fsp3) is 0.227. The van der Waals surface area contributed by atoms with Gasteiger partial charge in [-0.1, -0.05) is 30.3 Å². The second-order valence-electron chi connectivity index (χ2n) is 6.72. The van der Waals surface area contributed by atoms with Gasteiger partial charge in [-0.05, 0) is 29.8 Å². The van der Waals surface area contributed by atoms with Crippen molar-refractivity contribution in [2.45, 2.75) is 6.54 Å². The first-order valence-corrected chi connectivity index (χ1v) is 10.4. The molecule has 0 spiro atoms. The number of pyridine rings is 1. The number of hydrogen-bond donors (Lipinski definition) is 1. The maximum atomic E-state index is 12.6. The predicted molar refractivity (Wildman–Crippen MR) is 113 cm³/mol. The molecule has 4 rings (SSSR count). The molecule has 6 heteroatoms. The van der Waals surface area contributed by atoms with Crippen molar-refractivity contribution in [3.8, 4) is 6.07 Å². The summed E-state index contributed by atoms with van der Waals surface area (Å²) in [6.45, 7) is 3.14. The first-order valence-electron chi connectivity index (χ1n) is 9.23. The molecule has 5 nitrogen and oxygen atoms in total. The number of carbonyl (C=O) groups excluding carboxylic acids is 1. The monoisotopic (exact) mass is 388 g/mol. The number of para-hydroxylation sites is 1. The zero-order chi connectivity index (χ0) is 19.3. The van der Waals surface area contributed by atoms with E-state index >= 15 is 0 Å². The van der Waals surface area contributed by atoms with Crippen LogP contribution in [0.4, 0.5) is 5.82 Å². The van der Waals surface area contributed by atoms with Crippen LogP contribution in [-0.4, -0.2) is 40.4 Å². The van der Waals surface area contributed by atoms with E-state index in [0.29, 0.717) is 22.5 Å². The number of amides is 1. The molecular weight excluding hydrogens is 368 g/mol. The van der Waals surface area contributed by atoms with Crippen molar-refractivity contribution < 1.29 is 4.79 Å². The number of carbonyl (C=O) groups is 1. The second kappa shape index (κ2) is 8.42. The lowest BCUT2D eigenvalue weighted by atomic mass is 10.1. The van der Waals surface area contributed by atoms with Gasteiger partial charge >= 0.3 is 0 Å². The van der Waals surface area contributed by atoms with Crippen molar-refractivity contribution in [1.82, 2.24) is 9.88 Å². The Labute approximate surface area is 168 Å². The summed E-state index contributed by atoms with van der Waals surface area (Å²) >= 11 is 2.00. The number of anilines is 1. The lowest BCUT2D eigenvalue weighted by Gasteiger charge is -2.26. The number of nitrogens with one attached hydrogen (secondary N) is 1. The molecule has 28 heavy (non-hydrogen) atoms. The zero-order valence-corrected chi connectivity index (χ0v) is 16.2. The van der Waals surface area contributed by atoms with Gasteiger partial charge in [-0.2, -0.15) is 17.0 Å². The molecule has 1 aromatic heterocycles. The number of fused-ring (bicyclic) bond motifs is 1. The Morgan fingerprint density at radius 1 is 1.14 bits per heavy atom. The van der Waals surface area contributed by atoms with Crippen LogP contribution in [0.2, 0.25) is 0 Å². The highest BCUT2D eigenvalue weighted by Crippen LogP contribution is 2.20. The van der Waals surface area contributed by atoms with Gasteiger partial charge in [0, 0.05) is 42.1 Å². The van der Waals surface area contributed by atoms with Crippen molar-refractivity contribution in [1.29, 1.82) is 5.26 Å². The summed E-state index contributed by atoms with van der Waals surface area (Å²) in [6.07, 6.45) is 0. The van der Waals surface area contributed by atoms with Crippen LogP contribution < -0.4 is 5.32 Å². The predicted octanol–water partition coefficient (Wildman–Crippen LogP) is 3.91. The summed E-state index contributed by atoms with van der Waals surface area (Å²) in [6, 6.07) is 18.9. The highest BCUT2D eigenvalue weighted by atomic mass is 32.2. The number of aromatic nitrogens is 1. The number of benzene rings is 2. The molecule has 1 saturated heterocycles. The van der Waals surface area contributed by atoms with E-state index in [9.17, 15) is 10.1 Å². The molecule has 0 atom stereocenters. The molecular formula is C22H20N4OS. The number of hydrogen-bond acceptors (Lipinski definition) is 5. The van der Waals surface area contributed by atoms with Crippen LogP contribution >= 0.6 is 11.8 Å². The summed E-state index contributed by atoms with van der Waals surface area (Å²) in [5.41, 5.74) is 2.97. The van der Waals surface area contributed by atoms with Crippen molar-refractivity contribution in [2.75, 3.05) is 29.9 Å². The summed E-state index contributed by atoms with van der Waals surface area (Å²) < 4.78 is 0. The number of nitriles is 1. The fourth-order valence-electron chi connectivity index (χ4n) is 3.30. The van der Waals surface area contributed by atoms with E-state index in [1.54, 1.807) is 6.07 Å². The molecule has 0 radical (unpaired) electrons. The smallest absolute Gasteiger partial charge is 0.256 e. The van der Waals surface area contributed by atoms with Crippen LogP contribution in [0.5, 0.6) is 0 Å². The number of nitrogens with zero attached hydrogens (tertiary/aromatic N) is 3. The standard InChI is InChI=1S/C22H20N4OS/c23-14-18-13-21(24-20-4-2-1-3-19(18)20)25-22(27)17-7-5-16(6-8-17)15-26-9-11-28-12-10-26/h1-8,13H,9-12,15H2,(H,24,25,27). The van der Waals surface area contributed by atoms with E-state index in [-0.39, 0.29) is 5.91 Å². The maximum absolute atomic E-state index is 12.6. The Kier molecular flexibility index (Phi) is 5.56. The van der Waals surface area contributed by atoms with Gasteiger partial charge in [0.25, 0.3) is 5.91 Å². The minimum Gasteiger partial charge on any atom is -0.307 e. The summed E-state index contributed by atoms with van der Waals surface area (Å²) in [5, 5.41) is 13.0. The number of rotatable bonds is 4. The molecule has 1 amide bonds. The van der Waals surface area contributed by atoms with Crippen LogP contribution in [0, 0.1) is 11.3 Å². The van der Waals surface area contributed by atoms with Gasteiger partial charge in [-0.25, -0.2) is 4.98 Å². The van der Waals surface area contributed by atoms with E-state index < -0.39 is 0 Å². The Morgan fingerprint density at radius 2 is 1.89 bits per heavy atom. The third kappa shape index (κ3) is 4.16. The van der Waals surface area contributed by atoms with E-state index in [4.69, 9.17) is 0 Å². The normalized spacial score (nSPS) is 14.5. The van der Waals surface area contributed by atoms with E-state index in [2.05, 4.69) is 21.3 Å². The maximum Gasteiger partial charge on any atom is 0.256 e. The molecule has 2 aromatic carbocycles. The van der Waals surface area contributed by atoms with Gasteiger partial charge in [0.15, 0.2) is 0 Å². The summed E-state index contributed by atoms with van der Waals surface area (Å²) in [7, 11) is 0. The molecule has 0 unspecified atom stereocenters. The van der Waals surface area contributed by atoms with Crippen molar-refractivity contribution >= 4 is 34.4 Å². The van der Waals surface area contributed by atoms with Gasteiger partial charge < -0.3 is 5.32 Å². The van der Waals surface area contributed by atoms with E-state index in [0.717, 1.165) is 25.0 Å². The highest BCUT2D eigenvalue weighted by Gasteiger charge is 2.13. The Morgan fingerprint density at radius 3 is 2.64 bits per heavy atom. The largest absolute Gasteiger partial charge is 0.307 e. The molecule has 1 aliphatic heterocycles. The lowest BCUT2D eigenvalue weighted by Crippen LogP contribution is -2.31. The first kappa shape index (κ1) is 18.5. The average Bonchev–Trinajstić information content (AvgIpc) is 2.74. The minimum atomic E-state index is -0.229. The minimum absolute atomic E-state index is 0.229. The van der Waals surface area contributed by atoms with Crippen LogP contribution in [0.1, 0.15) is 21.5 Å². The topological polar surface area (TPSA) is 69.0 Å². The van der Waals surface area contributed by atoms with E-state index in [1.165, 1.54) is 17.1 Å². The van der Waals surface area contributed by atoms with Gasteiger partial charge in [-0.3, -0.25) is 9.69 Å². The van der Waals surface area contributed by atoms with Gasteiger partial charge in [0.1, 0.15) is 5.82 Å². The molecule has 1 fully saturated rings. The van der Waals surface area contributed by atoms with Gasteiger partial charge in [-0.15, -0.1) is 0 Å². The van der Waals surface area contributed by atoms with Gasteiger partial charge in [0.2, 0.25) is 0 Å². The Bertz CT molecular complexity index is 1040. The first-order chi connectivity index (χ1) is 13.7.